The molecule has 1 aliphatic carbocycles. The number of carbonyl (C=O) groups excluding carboxylic acids is 1. The van der Waals surface area contributed by atoms with Crippen LogP contribution < -0.4 is 5.32 Å². The zero-order valence-corrected chi connectivity index (χ0v) is 13.1. The fraction of sp³-hybridized carbons (Fsp3) is 0.467. The summed E-state index contributed by atoms with van der Waals surface area (Å²) >= 11 is 3.68. The molecule has 0 aliphatic heterocycles. The zero-order chi connectivity index (χ0) is 14.1. The van der Waals surface area contributed by atoms with E-state index in [-0.39, 0.29) is 5.91 Å². The first-order chi connectivity index (χ1) is 9.66. The van der Waals surface area contributed by atoms with Gasteiger partial charge in [-0.25, -0.2) is 0 Å². The lowest BCUT2D eigenvalue weighted by atomic mass is 10.1. The van der Waals surface area contributed by atoms with Crippen LogP contribution in [0.3, 0.4) is 0 Å². The van der Waals surface area contributed by atoms with Gasteiger partial charge in [0, 0.05) is 23.8 Å². The third-order valence-corrected chi connectivity index (χ3v) is 5.27. The first-order valence-electron chi connectivity index (χ1n) is 7.01. The van der Waals surface area contributed by atoms with Gasteiger partial charge in [0.25, 0.3) is 5.91 Å². The van der Waals surface area contributed by atoms with Gasteiger partial charge in [0.2, 0.25) is 0 Å². The topological polar surface area (TPSA) is 46.9 Å². The molecule has 1 N–H and O–H groups in total. The van der Waals surface area contributed by atoms with Crippen LogP contribution in [-0.4, -0.2) is 27.1 Å². The van der Waals surface area contributed by atoms with Crippen molar-refractivity contribution in [2.24, 2.45) is 13.0 Å². The summed E-state index contributed by atoms with van der Waals surface area (Å²) in [6.45, 7) is 0.722. The highest BCUT2D eigenvalue weighted by atomic mass is 79.9. The summed E-state index contributed by atoms with van der Waals surface area (Å²) in [6.07, 6.45) is 3.62. The predicted molar refractivity (Wildman–Crippen MR) is 83.1 cm³/mol. The van der Waals surface area contributed by atoms with E-state index < -0.39 is 0 Å². The Labute approximate surface area is 126 Å². The second-order valence-corrected chi connectivity index (χ2v) is 6.58. The molecule has 4 nitrogen and oxygen atoms in total. The molecule has 1 saturated carbocycles. The Hall–Kier alpha value is -1.36. The Morgan fingerprint density at radius 2 is 2.25 bits per heavy atom. The lowest BCUT2D eigenvalue weighted by Crippen LogP contribution is -2.31. The maximum Gasteiger partial charge on any atom is 0.272 e. The molecule has 2 atom stereocenters. The van der Waals surface area contributed by atoms with Crippen molar-refractivity contribution in [3.63, 3.8) is 0 Å². The Balaban J connectivity index is 1.76. The number of nitrogens with zero attached hydrogens (tertiary/aromatic N) is 2. The first-order valence-corrected chi connectivity index (χ1v) is 7.92. The number of para-hydroxylation sites is 1. The Morgan fingerprint density at radius 1 is 1.45 bits per heavy atom. The van der Waals surface area contributed by atoms with Gasteiger partial charge in [-0.3, -0.25) is 9.48 Å². The molecule has 5 heteroatoms. The summed E-state index contributed by atoms with van der Waals surface area (Å²) in [7, 11) is 1.87. The largest absolute Gasteiger partial charge is 0.350 e. The minimum atomic E-state index is -0.0756. The molecule has 20 heavy (non-hydrogen) atoms. The molecule has 0 bridgehead atoms. The second kappa shape index (κ2) is 5.56. The number of halogens is 1. The van der Waals surface area contributed by atoms with Gasteiger partial charge in [0.15, 0.2) is 5.69 Å². The van der Waals surface area contributed by atoms with Crippen molar-refractivity contribution < 1.29 is 4.79 Å². The van der Waals surface area contributed by atoms with Crippen molar-refractivity contribution in [2.45, 2.75) is 24.1 Å². The van der Waals surface area contributed by atoms with Gasteiger partial charge in [0.05, 0.1) is 5.52 Å². The number of benzene rings is 1. The molecule has 1 aliphatic rings. The van der Waals surface area contributed by atoms with Crippen LogP contribution in [0.25, 0.3) is 10.9 Å². The highest BCUT2D eigenvalue weighted by Gasteiger charge is 2.25. The van der Waals surface area contributed by atoms with E-state index in [9.17, 15) is 4.79 Å². The van der Waals surface area contributed by atoms with E-state index in [1.165, 1.54) is 19.3 Å². The van der Waals surface area contributed by atoms with Crippen molar-refractivity contribution in [3.8, 4) is 0 Å². The average molecular weight is 336 g/mol. The van der Waals surface area contributed by atoms with Crippen LogP contribution in [0.4, 0.5) is 0 Å². The number of hydrogen-bond acceptors (Lipinski definition) is 2. The molecule has 106 valence electrons. The van der Waals surface area contributed by atoms with Gasteiger partial charge >= 0.3 is 0 Å². The maximum atomic E-state index is 12.3. The van der Waals surface area contributed by atoms with E-state index in [0.29, 0.717) is 16.4 Å². The van der Waals surface area contributed by atoms with Crippen molar-refractivity contribution in [1.29, 1.82) is 0 Å². The van der Waals surface area contributed by atoms with Gasteiger partial charge in [-0.15, -0.1) is 0 Å². The van der Waals surface area contributed by atoms with E-state index in [2.05, 4.69) is 26.3 Å². The Morgan fingerprint density at radius 3 is 3.00 bits per heavy atom. The van der Waals surface area contributed by atoms with E-state index in [0.717, 1.165) is 17.4 Å². The Bertz CT molecular complexity index is 637. The number of aryl methyl sites for hydroxylation is 1. The number of amides is 1. The molecule has 1 fully saturated rings. The minimum absolute atomic E-state index is 0.0756. The van der Waals surface area contributed by atoms with Gasteiger partial charge in [0.1, 0.15) is 0 Å². The quantitative estimate of drug-likeness (QED) is 0.876. The fourth-order valence-electron chi connectivity index (χ4n) is 2.91. The number of aromatic nitrogens is 2. The molecule has 0 spiro atoms. The third-order valence-electron chi connectivity index (χ3n) is 4.06. The molecule has 3 rings (SSSR count). The van der Waals surface area contributed by atoms with Crippen LogP contribution in [0.5, 0.6) is 0 Å². The summed E-state index contributed by atoms with van der Waals surface area (Å²) in [5, 5.41) is 8.29. The molecular weight excluding hydrogens is 318 g/mol. The van der Waals surface area contributed by atoms with Crippen molar-refractivity contribution in [3.05, 3.63) is 30.0 Å². The highest BCUT2D eigenvalue weighted by molar-refractivity contribution is 9.09. The summed E-state index contributed by atoms with van der Waals surface area (Å²) in [6, 6.07) is 7.82. The number of alkyl halides is 1. The lowest BCUT2D eigenvalue weighted by molar-refractivity contribution is 0.0943. The first kappa shape index (κ1) is 13.6. The highest BCUT2D eigenvalue weighted by Crippen LogP contribution is 2.30. The standard InChI is InChI=1S/C15H18BrN3O/c1-19-13-8-3-2-6-11(13)14(18-19)15(20)17-9-10-5-4-7-12(10)16/h2-3,6,8,10,12H,4-5,7,9H2,1H3,(H,17,20). The van der Waals surface area contributed by atoms with Crippen LogP contribution >= 0.6 is 15.9 Å². The minimum Gasteiger partial charge on any atom is -0.350 e. The smallest absolute Gasteiger partial charge is 0.272 e. The van der Waals surface area contributed by atoms with E-state index >= 15 is 0 Å². The SMILES string of the molecule is Cn1nc(C(=O)NCC2CCCC2Br)c2ccccc21. The molecule has 1 aromatic carbocycles. The van der Waals surface area contributed by atoms with E-state index in [1.807, 2.05) is 31.3 Å². The van der Waals surface area contributed by atoms with E-state index in [4.69, 9.17) is 0 Å². The lowest BCUT2D eigenvalue weighted by Gasteiger charge is -2.14. The van der Waals surface area contributed by atoms with E-state index in [1.54, 1.807) is 4.68 Å². The molecule has 1 amide bonds. The van der Waals surface area contributed by atoms with Gasteiger partial charge in [-0.1, -0.05) is 40.5 Å². The Kier molecular flexibility index (Phi) is 3.78. The number of nitrogens with one attached hydrogen (secondary N) is 1. The van der Waals surface area contributed by atoms with Crippen LogP contribution in [0, 0.1) is 5.92 Å². The van der Waals surface area contributed by atoms with Crippen LogP contribution in [-0.2, 0) is 7.05 Å². The molecule has 0 radical (unpaired) electrons. The number of fused-ring (bicyclic) bond motifs is 1. The van der Waals surface area contributed by atoms with Crippen molar-refractivity contribution >= 4 is 32.7 Å². The zero-order valence-electron chi connectivity index (χ0n) is 11.5. The van der Waals surface area contributed by atoms with Crippen LogP contribution in [0.2, 0.25) is 0 Å². The van der Waals surface area contributed by atoms with Crippen LogP contribution in [0.15, 0.2) is 24.3 Å². The predicted octanol–water partition coefficient (Wildman–Crippen LogP) is 2.87. The fourth-order valence-corrected chi connectivity index (χ4v) is 3.69. The normalized spacial score (nSPS) is 22.3. The second-order valence-electron chi connectivity index (χ2n) is 5.41. The molecule has 2 aromatic rings. The number of carbonyl (C=O) groups is 1. The molecule has 1 heterocycles. The number of hydrogen-bond donors (Lipinski definition) is 1. The monoisotopic (exact) mass is 335 g/mol. The third kappa shape index (κ3) is 2.46. The van der Waals surface area contributed by atoms with Gasteiger partial charge in [-0.2, -0.15) is 5.10 Å². The summed E-state index contributed by atoms with van der Waals surface area (Å²) in [4.78, 5) is 12.9. The summed E-state index contributed by atoms with van der Waals surface area (Å²) in [5.74, 6) is 0.460. The van der Waals surface area contributed by atoms with Crippen LogP contribution in [0.1, 0.15) is 29.8 Å². The molecule has 1 aromatic heterocycles. The van der Waals surface area contributed by atoms with Crippen molar-refractivity contribution in [1.82, 2.24) is 15.1 Å². The number of rotatable bonds is 3. The molecular formula is C15H18BrN3O. The summed E-state index contributed by atoms with van der Waals surface area (Å²) in [5.41, 5.74) is 1.50. The molecule has 0 saturated heterocycles. The molecule has 2 unspecified atom stereocenters. The average Bonchev–Trinajstić information content (AvgIpc) is 3.01. The van der Waals surface area contributed by atoms with Gasteiger partial charge < -0.3 is 5.32 Å². The summed E-state index contributed by atoms with van der Waals surface area (Å²) < 4.78 is 1.76. The van der Waals surface area contributed by atoms with Gasteiger partial charge in [-0.05, 0) is 24.8 Å². The van der Waals surface area contributed by atoms with Crippen molar-refractivity contribution in [2.75, 3.05) is 6.54 Å². The maximum absolute atomic E-state index is 12.3.